The number of methoxy groups -OCH3 is 1. The van der Waals surface area contributed by atoms with Gasteiger partial charge in [-0.25, -0.2) is 14.8 Å². The van der Waals surface area contributed by atoms with Crippen LogP contribution in [0.1, 0.15) is 52.6 Å². The second-order valence-electron chi connectivity index (χ2n) is 8.86. The SMILES string of the molecule is COC(=O)c1ccc(Nc2ncc3cc(C(=O)N(C)C)n(C4CC5CCC4C5)c3n2)nc1. The number of hydrogen-bond donors (Lipinski definition) is 1. The number of rotatable bonds is 5. The molecule has 1 N–H and O–H groups in total. The van der Waals surface area contributed by atoms with Crippen molar-refractivity contribution in [3.05, 3.63) is 41.9 Å². The first kappa shape index (κ1) is 20.4. The van der Waals surface area contributed by atoms with Gasteiger partial charge in [-0.3, -0.25) is 4.79 Å². The van der Waals surface area contributed by atoms with E-state index in [-0.39, 0.29) is 11.9 Å². The minimum Gasteiger partial charge on any atom is -0.465 e. The molecule has 9 nitrogen and oxygen atoms in total. The summed E-state index contributed by atoms with van der Waals surface area (Å²) in [6.45, 7) is 0. The quantitative estimate of drug-likeness (QED) is 0.614. The van der Waals surface area contributed by atoms with Crippen molar-refractivity contribution in [3.8, 4) is 0 Å². The van der Waals surface area contributed by atoms with Crippen molar-refractivity contribution in [1.29, 1.82) is 0 Å². The van der Waals surface area contributed by atoms with Crippen molar-refractivity contribution in [3.63, 3.8) is 0 Å². The molecule has 32 heavy (non-hydrogen) atoms. The molecule has 2 aliphatic carbocycles. The van der Waals surface area contributed by atoms with Gasteiger partial charge in [0, 0.05) is 37.9 Å². The molecule has 2 saturated carbocycles. The molecule has 0 aliphatic heterocycles. The van der Waals surface area contributed by atoms with E-state index < -0.39 is 5.97 Å². The molecule has 5 rings (SSSR count). The number of carbonyl (C=O) groups excluding carboxylic acids is 2. The van der Waals surface area contributed by atoms with Crippen LogP contribution < -0.4 is 5.32 Å². The lowest BCUT2D eigenvalue weighted by Crippen LogP contribution is -2.27. The van der Waals surface area contributed by atoms with Gasteiger partial charge in [0.1, 0.15) is 17.2 Å². The molecule has 3 atom stereocenters. The van der Waals surface area contributed by atoms with Crippen LogP contribution in [-0.2, 0) is 4.74 Å². The molecule has 2 fully saturated rings. The van der Waals surface area contributed by atoms with E-state index in [0.29, 0.717) is 28.9 Å². The Bertz CT molecular complexity index is 1190. The van der Waals surface area contributed by atoms with Crippen molar-refractivity contribution in [2.45, 2.75) is 31.7 Å². The zero-order valence-corrected chi connectivity index (χ0v) is 18.4. The normalized spacial score (nSPS) is 21.7. The molecule has 2 bridgehead atoms. The minimum atomic E-state index is -0.441. The standard InChI is InChI=1S/C23H26N6O3/c1-28(2)21(30)18-10-16-12-25-23(26-19-7-6-15(11-24-19)22(31)32-3)27-20(16)29(18)17-9-13-4-5-14(17)8-13/h6-7,10-14,17H,4-5,8-9H2,1-3H3,(H,24,25,26,27). The Balaban J connectivity index is 1.52. The number of anilines is 2. The first-order valence-electron chi connectivity index (χ1n) is 10.9. The highest BCUT2D eigenvalue weighted by Crippen LogP contribution is 2.51. The van der Waals surface area contributed by atoms with Crippen LogP contribution in [0.4, 0.5) is 11.8 Å². The molecule has 0 spiro atoms. The third-order valence-corrected chi connectivity index (χ3v) is 6.66. The molecule has 0 aromatic carbocycles. The van der Waals surface area contributed by atoms with E-state index in [0.717, 1.165) is 23.4 Å². The molecule has 2 aliphatic rings. The summed E-state index contributed by atoms with van der Waals surface area (Å²) in [6, 6.07) is 5.49. The highest BCUT2D eigenvalue weighted by Gasteiger charge is 2.42. The Morgan fingerprint density at radius 3 is 2.62 bits per heavy atom. The molecule has 3 unspecified atom stereocenters. The fraction of sp³-hybridized carbons (Fsp3) is 0.435. The van der Waals surface area contributed by atoms with Gasteiger partial charge in [0.05, 0.1) is 12.7 Å². The van der Waals surface area contributed by atoms with Gasteiger partial charge in [0.15, 0.2) is 0 Å². The second kappa shape index (κ2) is 7.89. The van der Waals surface area contributed by atoms with Crippen molar-refractivity contribution in [2.24, 2.45) is 11.8 Å². The number of hydrogen-bond acceptors (Lipinski definition) is 7. The summed E-state index contributed by atoms with van der Waals surface area (Å²) in [5.74, 6) is 1.76. The molecule has 9 heteroatoms. The van der Waals surface area contributed by atoms with E-state index in [4.69, 9.17) is 9.72 Å². The number of nitrogens with zero attached hydrogens (tertiary/aromatic N) is 5. The number of esters is 1. The lowest BCUT2D eigenvalue weighted by Gasteiger charge is -2.26. The van der Waals surface area contributed by atoms with Crippen LogP contribution in [0.5, 0.6) is 0 Å². The maximum atomic E-state index is 13.0. The number of aromatic nitrogens is 4. The Morgan fingerprint density at radius 2 is 2.00 bits per heavy atom. The van der Waals surface area contributed by atoms with E-state index in [1.807, 2.05) is 6.07 Å². The van der Waals surface area contributed by atoms with E-state index in [1.54, 1.807) is 37.3 Å². The van der Waals surface area contributed by atoms with Crippen LogP contribution in [0.25, 0.3) is 11.0 Å². The molecule has 166 valence electrons. The van der Waals surface area contributed by atoms with Crippen LogP contribution in [0.15, 0.2) is 30.6 Å². The Morgan fingerprint density at radius 1 is 1.16 bits per heavy atom. The summed E-state index contributed by atoms with van der Waals surface area (Å²) < 4.78 is 6.85. The Hall–Kier alpha value is -3.49. The first-order chi connectivity index (χ1) is 15.4. The van der Waals surface area contributed by atoms with Crippen LogP contribution >= 0.6 is 0 Å². The van der Waals surface area contributed by atoms with Gasteiger partial charge in [-0.1, -0.05) is 6.42 Å². The van der Waals surface area contributed by atoms with Gasteiger partial charge in [0.2, 0.25) is 5.95 Å². The smallest absolute Gasteiger partial charge is 0.339 e. The fourth-order valence-electron chi connectivity index (χ4n) is 5.15. The summed E-state index contributed by atoms with van der Waals surface area (Å²) in [5, 5.41) is 3.94. The fourth-order valence-corrected chi connectivity index (χ4v) is 5.15. The lowest BCUT2D eigenvalue weighted by molar-refractivity contribution is 0.0600. The zero-order chi connectivity index (χ0) is 22.4. The second-order valence-corrected chi connectivity index (χ2v) is 8.86. The summed E-state index contributed by atoms with van der Waals surface area (Å²) >= 11 is 0. The van der Waals surface area contributed by atoms with Gasteiger partial charge in [-0.05, 0) is 49.3 Å². The zero-order valence-electron chi connectivity index (χ0n) is 18.4. The molecular weight excluding hydrogens is 408 g/mol. The van der Waals surface area contributed by atoms with Crippen molar-refractivity contribution < 1.29 is 14.3 Å². The predicted octanol–water partition coefficient (Wildman–Crippen LogP) is 3.42. The average molecular weight is 435 g/mol. The van der Waals surface area contributed by atoms with Crippen LogP contribution in [0.2, 0.25) is 0 Å². The van der Waals surface area contributed by atoms with E-state index in [9.17, 15) is 9.59 Å². The maximum Gasteiger partial charge on any atom is 0.339 e. The lowest BCUT2D eigenvalue weighted by atomic mass is 9.95. The number of fused-ring (bicyclic) bond motifs is 3. The van der Waals surface area contributed by atoms with Gasteiger partial charge >= 0.3 is 5.97 Å². The van der Waals surface area contributed by atoms with Crippen molar-refractivity contribution in [1.82, 2.24) is 24.4 Å². The van der Waals surface area contributed by atoms with Gasteiger partial charge in [-0.2, -0.15) is 4.98 Å². The van der Waals surface area contributed by atoms with Crippen LogP contribution in [0, 0.1) is 11.8 Å². The molecule has 3 aromatic rings. The summed E-state index contributed by atoms with van der Waals surface area (Å²) in [6.07, 6.45) is 7.99. The molecule has 3 heterocycles. The highest BCUT2D eigenvalue weighted by atomic mass is 16.5. The van der Waals surface area contributed by atoms with Gasteiger partial charge < -0.3 is 19.5 Å². The van der Waals surface area contributed by atoms with Gasteiger partial charge in [0.25, 0.3) is 5.91 Å². The topological polar surface area (TPSA) is 102 Å². The number of ether oxygens (including phenoxy) is 1. The maximum absolute atomic E-state index is 13.0. The van der Waals surface area contributed by atoms with Crippen LogP contribution in [0.3, 0.4) is 0 Å². The minimum absolute atomic E-state index is 0.0275. The third kappa shape index (κ3) is 3.47. The number of amides is 1. The van der Waals surface area contributed by atoms with Crippen LogP contribution in [-0.4, -0.2) is 57.5 Å². The highest BCUT2D eigenvalue weighted by molar-refractivity contribution is 5.98. The predicted molar refractivity (Wildman–Crippen MR) is 119 cm³/mol. The number of carbonyl (C=O) groups is 2. The van der Waals surface area contributed by atoms with Gasteiger partial charge in [-0.15, -0.1) is 0 Å². The largest absolute Gasteiger partial charge is 0.465 e. The molecule has 3 aromatic heterocycles. The van der Waals surface area contributed by atoms with Crippen molar-refractivity contribution >= 4 is 34.7 Å². The third-order valence-electron chi connectivity index (χ3n) is 6.66. The Kier molecular flexibility index (Phi) is 5.03. The number of pyridine rings is 1. The van der Waals surface area contributed by atoms with E-state index in [2.05, 4.69) is 19.9 Å². The van der Waals surface area contributed by atoms with E-state index in [1.165, 1.54) is 32.6 Å². The summed E-state index contributed by atoms with van der Waals surface area (Å²) in [5.41, 5.74) is 1.79. The first-order valence-corrected chi connectivity index (χ1v) is 10.9. The molecular formula is C23H26N6O3. The number of nitrogens with one attached hydrogen (secondary N) is 1. The Labute approximate surface area is 185 Å². The monoisotopic (exact) mass is 434 g/mol. The van der Waals surface area contributed by atoms with E-state index >= 15 is 0 Å². The summed E-state index contributed by atoms with van der Waals surface area (Å²) in [7, 11) is 4.87. The molecule has 0 saturated heterocycles. The van der Waals surface area contributed by atoms with Crippen molar-refractivity contribution in [2.75, 3.05) is 26.5 Å². The summed E-state index contributed by atoms with van der Waals surface area (Å²) in [4.78, 5) is 39.6. The average Bonchev–Trinajstić information content (AvgIpc) is 3.52. The molecule has 1 amide bonds. The molecule has 0 radical (unpaired) electrons.